The number of halogens is 7. The van der Waals surface area contributed by atoms with Crippen molar-refractivity contribution >= 4 is 105 Å². The molecule has 0 spiro atoms. The van der Waals surface area contributed by atoms with Crippen LogP contribution in [-0.2, 0) is 0 Å². The van der Waals surface area contributed by atoms with Crippen LogP contribution in [0.5, 0.6) is 0 Å². The second-order valence-electron chi connectivity index (χ2n) is 8.69. The summed E-state index contributed by atoms with van der Waals surface area (Å²) in [7, 11) is 0. The third-order valence-electron chi connectivity index (χ3n) is 5.32. The number of aryl methyl sites for hydroxylation is 2. The Balaban J connectivity index is 0.000000260. The normalized spacial score (nSPS) is 12.2. The molecule has 2 amide bonds. The molecule has 0 aromatic heterocycles. The molecule has 4 aromatic carbocycles. The first-order valence-corrected chi connectivity index (χ1v) is 20.0. The number of benzene rings is 4. The van der Waals surface area contributed by atoms with E-state index < -0.39 is 3.37 Å². The SMILES string of the molecule is Cc1ccccc1/C(Cl)=N/N=C(\Cl)c1ccccc1.Cc1ccccc1C(=O)NNC(=O)c1ccccc1.ClP(Cl)(Cl)(Cl)Cl. The van der Waals surface area contributed by atoms with Crippen LogP contribution >= 0.6 is 82.8 Å². The molecule has 0 unspecified atom stereocenters. The van der Waals surface area contributed by atoms with Crippen molar-refractivity contribution in [3.63, 3.8) is 0 Å². The Kier molecular flexibility index (Phi) is 15.4. The number of nitrogens with one attached hydrogen (secondary N) is 2. The van der Waals surface area contributed by atoms with Crippen molar-refractivity contribution in [1.29, 1.82) is 0 Å². The van der Waals surface area contributed by atoms with Crippen molar-refractivity contribution in [2.24, 2.45) is 10.2 Å². The van der Waals surface area contributed by atoms with Crippen LogP contribution in [0.1, 0.15) is 43.0 Å². The molecule has 0 aliphatic carbocycles. The zero-order chi connectivity index (χ0) is 32.8. The molecule has 0 heterocycles. The summed E-state index contributed by atoms with van der Waals surface area (Å²) in [6.07, 6.45) is 0. The predicted octanol–water partition coefficient (Wildman–Crippen LogP) is 11.0. The van der Waals surface area contributed by atoms with Gasteiger partial charge in [0.2, 0.25) is 0 Å². The first-order valence-electron chi connectivity index (χ1n) is 12.5. The summed E-state index contributed by atoms with van der Waals surface area (Å²) in [6.45, 7) is 3.81. The summed E-state index contributed by atoms with van der Waals surface area (Å²) < 4.78 is -3.69. The van der Waals surface area contributed by atoms with Gasteiger partial charge in [-0.05, 0) is 43.2 Å². The molecule has 6 nitrogen and oxygen atoms in total. The van der Waals surface area contributed by atoms with E-state index in [9.17, 15) is 9.59 Å². The standard InChI is InChI=1S/C15H12Cl2N2.C15H14N2O2.Cl5P/c1-11-7-5-6-10-13(11)15(17)19-18-14(16)12-8-3-2-4-9-12;1-11-7-5-6-10-13(11)15(19)17-16-14(18)12-8-3-2-4-9-12;1-6(2,3,4)5/h2-10H,1H3;2-10H,1H3,(H,16,18)(H,17,19);/b18-14-,19-15-;;. The number of rotatable bonds is 5. The Morgan fingerprint density at radius 1 is 0.523 bits per heavy atom. The average Bonchev–Trinajstić information content (AvgIpc) is 2.99. The summed E-state index contributed by atoms with van der Waals surface area (Å²) in [5.41, 5.74) is 9.38. The molecule has 0 bridgehead atoms. The fourth-order valence-corrected chi connectivity index (χ4v) is 3.66. The number of nitrogens with zero attached hydrogens (tertiary/aromatic N) is 2. The monoisotopic (exact) mass is 750 g/mol. The van der Waals surface area contributed by atoms with Gasteiger partial charge in [-0.25, -0.2) is 0 Å². The molecule has 0 radical (unpaired) electrons. The Hall–Kier alpha value is -2.38. The third kappa shape index (κ3) is 15.6. The zero-order valence-electron chi connectivity index (χ0n) is 23.2. The van der Waals surface area contributed by atoms with Crippen LogP contribution in [0.3, 0.4) is 0 Å². The van der Waals surface area contributed by atoms with E-state index >= 15 is 0 Å². The summed E-state index contributed by atoms with van der Waals surface area (Å²) in [4.78, 5) is 23.6. The summed E-state index contributed by atoms with van der Waals surface area (Å²) in [5, 5.41) is 8.56. The van der Waals surface area contributed by atoms with Crippen LogP contribution in [0.4, 0.5) is 0 Å². The first kappa shape index (κ1) is 37.8. The zero-order valence-corrected chi connectivity index (χ0v) is 29.4. The van der Waals surface area contributed by atoms with Gasteiger partial charge >= 0.3 is 59.6 Å². The quantitative estimate of drug-likeness (QED) is 0.121. The summed E-state index contributed by atoms with van der Waals surface area (Å²) in [5.74, 6) is -0.676. The van der Waals surface area contributed by atoms with Gasteiger partial charge in [0.15, 0.2) is 10.3 Å². The molecule has 0 aliphatic rings. The first-order chi connectivity index (χ1) is 20.6. The van der Waals surface area contributed by atoms with Crippen LogP contribution in [0.25, 0.3) is 0 Å². The number of hydrogen-bond acceptors (Lipinski definition) is 4. The van der Waals surface area contributed by atoms with Crippen molar-refractivity contribution in [3.8, 4) is 0 Å². The van der Waals surface area contributed by atoms with Crippen LogP contribution in [0.15, 0.2) is 119 Å². The molecule has 0 fully saturated rings. The Bertz CT molecular complexity index is 1600. The number of carbonyl (C=O) groups is 2. The van der Waals surface area contributed by atoms with E-state index in [1.165, 1.54) is 0 Å². The van der Waals surface area contributed by atoms with Crippen molar-refractivity contribution < 1.29 is 9.59 Å². The average molecular weight is 754 g/mol. The Morgan fingerprint density at radius 3 is 1.36 bits per heavy atom. The van der Waals surface area contributed by atoms with Gasteiger partial charge in [-0.2, -0.15) is 0 Å². The van der Waals surface area contributed by atoms with Crippen LogP contribution in [0, 0.1) is 13.8 Å². The fourth-order valence-electron chi connectivity index (χ4n) is 3.25. The molecule has 0 saturated carbocycles. The topological polar surface area (TPSA) is 82.9 Å². The van der Waals surface area contributed by atoms with Crippen molar-refractivity contribution in [2.75, 3.05) is 0 Å². The van der Waals surface area contributed by atoms with E-state index in [4.69, 9.17) is 79.4 Å². The minimum atomic E-state index is -3.69. The molecule has 14 heteroatoms. The second-order valence-corrected chi connectivity index (χ2v) is 26.0. The van der Waals surface area contributed by atoms with Gasteiger partial charge < -0.3 is 0 Å². The molecule has 2 N–H and O–H groups in total. The van der Waals surface area contributed by atoms with Crippen LogP contribution in [0.2, 0.25) is 0 Å². The Morgan fingerprint density at radius 2 is 0.886 bits per heavy atom. The van der Waals surface area contributed by atoms with Crippen molar-refractivity contribution in [1.82, 2.24) is 10.9 Å². The van der Waals surface area contributed by atoms with Crippen LogP contribution < -0.4 is 10.9 Å². The van der Waals surface area contributed by atoms with E-state index in [1.807, 2.05) is 86.6 Å². The second kappa shape index (κ2) is 17.9. The summed E-state index contributed by atoms with van der Waals surface area (Å²) in [6, 6.07) is 33.0. The molecule has 0 saturated heterocycles. The number of hydrogen-bond donors (Lipinski definition) is 2. The molecule has 0 atom stereocenters. The van der Waals surface area contributed by atoms with Gasteiger partial charge in [0, 0.05) is 22.3 Å². The van der Waals surface area contributed by atoms with Gasteiger partial charge in [0.25, 0.3) is 11.8 Å². The van der Waals surface area contributed by atoms with Crippen molar-refractivity contribution in [3.05, 3.63) is 143 Å². The Labute approximate surface area is 290 Å². The van der Waals surface area contributed by atoms with E-state index in [-0.39, 0.29) is 11.8 Å². The maximum atomic E-state index is 11.9. The van der Waals surface area contributed by atoms with E-state index in [2.05, 4.69) is 21.1 Å². The number of amides is 2. The molecule has 4 rings (SSSR count). The molecule has 4 aromatic rings. The molecular formula is C30H26Cl7N4O2P. The maximum absolute atomic E-state index is 11.9. The molecule has 232 valence electrons. The third-order valence-corrected chi connectivity index (χ3v) is 5.89. The molecular weight excluding hydrogens is 728 g/mol. The fraction of sp³-hybridized carbons (Fsp3) is 0.0667. The van der Waals surface area contributed by atoms with Gasteiger partial charge in [0.05, 0.1) is 0 Å². The summed E-state index contributed by atoms with van der Waals surface area (Å²) >= 11 is 37.1. The van der Waals surface area contributed by atoms with E-state index in [1.54, 1.807) is 36.4 Å². The van der Waals surface area contributed by atoms with Gasteiger partial charge in [-0.1, -0.05) is 114 Å². The van der Waals surface area contributed by atoms with Gasteiger partial charge in [-0.15, -0.1) is 10.2 Å². The molecule has 0 aliphatic heterocycles. The van der Waals surface area contributed by atoms with E-state index in [0.717, 1.165) is 22.3 Å². The van der Waals surface area contributed by atoms with Gasteiger partial charge in [-0.3, -0.25) is 20.4 Å². The van der Waals surface area contributed by atoms with E-state index in [0.29, 0.717) is 21.5 Å². The number of hydrazine groups is 1. The predicted molar refractivity (Wildman–Crippen MR) is 191 cm³/mol. The molecule has 44 heavy (non-hydrogen) atoms. The van der Waals surface area contributed by atoms with Crippen LogP contribution in [-0.4, -0.2) is 22.2 Å². The number of carbonyl (C=O) groups excluding carboxylic acids is 2. The van der Waals surface area contributed by atoms with Crippen molar-refractivity contribution in [2.45, 2.75) is 13.8 Å². The van der Waals surface area contributed by atoms with Gasteiger partial charge in [0.1, 0.15) is 0 Å². The minimum absolute atomic E-state index is 0.312.